The molecule has 2 amide bonds. The van der Waals surface area contributed by atoms with Gasteiger partial charge >= 0.3 is 6.03 Å². The molecule has 25 heavy (non-hydrogen) atoms. The van der Waals surface area contributed by atoms with Gasteiger partial charge in [0, 0.05) is 6.20 Å². The highest BCUT2D eigenvalue weighted by Gasteiger charge is 2.42. The zero-order valence-corrected chi connectivity index (χ0v) is 14.7. The lowest BCUT2D eigenvalue weighted by Crippen LogP contribution is -2.54. The van der Waals surface area contributed by atoms with Gasteiger partial charge in [-0.1, -0.05) is 35.9 Å². The first kappa shape index (κ1) is 17.4. The van der Waals surface area contributed by atoms with Crippen LogP contribution in [0.15, 0.2) is 48.7 Å². The van der Waals surface area contributed by atoms with E-state index in [1.807, 2.05) is 56.3 Å². The van der Waals surface area contributed by atoms with Crippen LogP contribution in [0.3, 0.4) is 0 Å². The predicted molar refractivity (Wildman–Crippen MR) is 97.1 cm³/mol. The van der Waals surface area contributed by atoms with Crippen LogP contribution in [0.25, 0.3) is 0 Å². The van der Waals surface area contributed by atoms with Gasteiger partial charge in [0.25, 0.3) is 0 Å². The van der Waals surface area contributed by atoms with Crippen LogP contribution < -0.4 is 10.6 Å². The van der Waals surface area contributed by atoms with Crippen LogP contribution >= 0.6 is 0 Å². The Morgan fingerprint density at radius 2 is 2.12 bits per heavy atom. The quantitative estimate of drug-likeness (QED) is 0.757. The molecule has 3 N–H and O–H groups in total. The number of carbonyl (C=O) groups is 1. The lowest BCUT2D eigenvalue weighted by Gasteiger charge is -2.30. The molecule has 1 aliphatic carbocycles. The highest BCUT2D eigenvalue weighted by Crippen LogP contribution is 2.39. The zero-order valence-electron chi connectivity index (χ0n) is 14.7. The number of urea groups is 1. The zero-order chi connectivity index (χ0) is 17.9. The van der Waals surface area contributed by atoms with Gasteiger partial charge in [-0.3, -0.25) is 4.98 Å². The number of hydrogen-bond acceptors (Lipinski definition) is 3. The highest BCUT2D eigenvalue weighted by atomic mass is 16.3. The Balaban J connectivity index is 1.81. The van der Waals surface area contributed by atoms with Gasteiger partial charge in [0.15, 0.2) is 0 Å². The Bertz CT molecular complexity index is 731. The van der Waals surface area contributed by atoms with E-state index >= 15 is 0 Å². The molecule has 5 heteroatoms. The Hall–Kier alpha value is -2.40. The van der Waals surface area contributed by atoms with E-state index in [-0.39, 0.29) is 18.7 Å². The molecular weight excluding hydrogens is 314 g/mol. The van der Waals surface area contributed by atoms with Gasteiger partial charge in [0.05, 0.1) is 23.9 Å². The first-order valence-corrected chi connectivity index (χ1v) is 8.69. The molecule has 2 aromatic rings. The molecule has 1 aromatic heterocycles. The number of aromatic nitrogens is 1. The first-order valence-electron chi connectivity index (χ1n) is 8.69. The molecule has 132 valence electrons. The second kappa shape index (κ2) is 7.23. The van der Waals surface area contributed by atoms with E-state index in [0.717, 1.165) is 29.7 Å². The molecule has 0 aliphatic heterocycles. The molecule has 1 aliphatic rings. The fourth-order valence-corrected chi connectivity index (χ4v) is 3.14. The van der Waals surface area contributed by atoms with Gasteiger partial charge in [-0.2, -0.15) is 0 Å². The van der Waals surface area contributed by atoms with Gasteiger partial charge in [0.2, 0.25) is 0 Å². The summed E-state index contributed by atoms with van der Waals surface area (Å²) in [6, 6.07) is 13.1. The molecule has 1 aromatic carbocycles. The van der Waals surface area contributed by atoms with Crippen LogP contribution in [0, 0.1) is 12.8 Å². The molecule has 0 saturated heterocycles. The van der Waals surface area contributed by atoms with Crippen molar-refractivity contribution in [3.63, 3.8) is 0 Å². The first-order chi connectivity index (χ1) is 12.0. The minimum atomic E-state index is -0.578. The van der Waals surface area contributed by atoms with E-state index in [1.165, 1.54) is 0 Å². The SMILES string of the molecule is Cc1cccc(C(NC(=O)NC(C)(CO)C2CC2)c2ccccn2)c1. The molecule has 1 heterocycles. The second-order valence-electron chi connectivity index (χ2n) is 7.05. The maximum atomic E-state index is 12.6. The highest BCUT2D eigenvalue weighted by molar-refractivity contribution is 5.76. The van der Waals surface area contributed by atoms with Crippen molar-refractivity contribution in [2.45, 2.75) is 38.3 Å². The largest absolute Gasteiger partial charge is 0.394 e. The molecule has 0 bridgehead atoms. The molecule has 1 saturated carbocycles. The topological polar surface area (TPSA) is 74.2 Å². The summed E-state index contributed by atoms with van der Waals surface area (Å²) in [6.07, 6.45) is 3.80. The van der Waals surface area contributed by atoms with Crippen molar-refractivity contribution in [1.82, 2.24) is 15.6 Å². The molecule has 3 rings (SSSR count). The smallest absolute Gasteiger partial charge is 0.316 e. The number of carbonyl (C=O) groups excluding carboxylic acids is 1. The van der Waals surface area contributed by atoms with Crippen molar-refractivity contribution >= 4 is 6.03 Å². The minimum Gasteiger partial charge on any atom is -0.394 e. The number of amides is 2. The Labute approximate surface area is 148 Å². The van der Waals surface area contributed by atoms with E-state index in [1.54, 1.807) is 6.20 Å². The van der Waals surface area contributed by atoms with E-state index in [4.69, 9.17) is 0 Å². The van der Waals surface area contributed by atoms with Gasteiger partial charge in [0.1, 0.15) is 0 Å². The summed E-state index contributed by atoms with van der Waals surface area (Å²) in [7, 11) is 0. The molecular formula is C20H25N3O2. The van der Waals surface area contributed by atoms with Crippen molar-refractivity contribution in [2.75, 3.05) is 6.61 Å². The van der Waals surface area contributed by atoms with Gasteiger partial charge < -0.3 is 15.7 Å². The second-order valence-corrected chi connectivity index (χ2v) is 7.05. The maximum Gasteiger partial charge on any atom is 0.316 e. The summed E-state index contributed by atoms with van der Waals surface area (Å²) < 4.78 is 0. The molecule has 0 spiro atoms. The van der Waals surface area contributed by atoms with Crippen LogP contribution in [0.4, 0.5) is 4.79 Å². The summed E-state index contributed by atoms with van der Waals surface area (Å²) in [5.74, 6) is 0.343. The predicted octanol–water partition coefficient (Wildman–Crippen LogP) is 2.94. The van der Waals surface area contributed by atoms with Crippen molar-refractivity contribution in [3.05, 3.63) is 65.5 Å². The number of nitrogens with one attached hydrogen (secondary N) is 2. The molecule has 0 radical (unpaired) electrons. The fourth-order valence-electron chi connectivity index (χ4n) is 3.14. The van der Waals surface area contributed by atoms with Crippen molar-refractivity contribution in [2.24, 2.45) is 5.92 Å². The minimum absolute atomic E-state index is 0.0657. The Morgan fingerprint density at radius 3 is 2.72 bits per heavy atom. The fraction of sp³-hybridized carbons (Fsp3) is 0.400. The average molecular weight is 339 g/mol. The number of pyridine rings is 1. The summed E-state index contributed by atoms with van der Waals surface area (Å²) in [5, 5.41) is 15.7. The number of aryl methyl sites for hydroxylation is 1. The number of benzene rings is 1. The molecule has 2 unspecified atom stereocenters. The Kier molecular flexibility index (Phi) is 5.04. The van der Waals surface area contributed by atoms with E-state index in [0.29, 0.717) is 5.92 Å². The normalized spacial score (nSPS) is 17.4. The third-order valence-corrected chi connectivity index (χ3v) is 4.84. The number of nitrogens with zero attached hydrogens (tertiary/aromatic N) is 1. The van der Waals surface area contributed by atoms with E-state index in [9.17, 15) is 9.90 Å². The van der Waals surface area contributed by atoms with Crippen molar-refractivity contribution < 1.29 is 9.90 Å². The lowest BCUT2D eigenvalue weighted by atomic mass is 9.97. The monoisotopic (exact) mass is 339 g/mol. The molecule has 5 nitrogen and oxygen atoms in total. The van der Waals surface area contributed by atoms with Crippen LogP contribution in [0.2, 0.25) is 0 Å². The molecule has 1 fully saturated rings. The van der Waals surface area contributed by atoms with Crippen LogP contribution in [0.1, 0.15) is 42.6 Å². The number of aliphatic hydroxyl groups excluding tert-OH is 1. The summed E-state index contributed by atoms with van der Waals surface area (Å²) in [4.78, 5) is 17.0. The summed E-state index contributed by atoms with van der Waals surface area (Å²) >= 11 is 0. The number of aliphatic hydroxyl groups is 1. The van der Waals surface area contributed by atoms with E-state index < -0.39 is 5.54 Å². The third-order valence-electron chi connectivity index (χ3n) is 4.84. The maximum absolute atomic E-state index is 12.6. The van der Waals surface area contributed by atoms with Crippen LogP contribution in [-0.4, -0.2) is 28.3 Å². The van der Waals surface area contributed by atoms with E-state index in [2.05, 4.69) is 15.6 Å². The van der Waals surface area contributed by atoms with Crippen molar-refractivity contribution in [1.29, 1.82) is 0 Å². The average Bonchev–Trinajstić information content (AvgIpc) is 3.46. The van der Waals surface area contributed by atoms with Gasteiger partial charge in [-0.15, -0.1) is 0 Å². The number of rotatable bonds is 6. The Morgan fingerprint density at radius 1 is 1.32 bits per heavy atom. The lowest BCUT2D eigenvalue weighted by molar-refractivity contribution is 0.154. The number of hydrogen-bond donors (Lipinski definition) is 3. The van der Waals surface area contributed by atoms with Crippen LogP contribution in [-0.2, 0) is 0 Å². The summed E-state index contributed by atoms with van der Waals surface area (Å²) in [5.41, 5.74) is 2.30. The van der Waals surface area contributed by atoms with Crippen molar-refractivity contribution in [3.8, 4) is 0 Å². The van der Waals surface area contributed by atoms with Gasteiger partial charge in [-0.05, 0) is 50.3 Å². The third kappa shape index (κ3) is 4.17. The van der Waals surface area contributed by atoms with Gasteiger partial charge in [-0.25, -0.2) is 4.79 Å². The molecule has 2 atom stereocenters. The van der Waals surface area contributed by atoms with Crippen LogP contribution in [0.5, 0.6) is 0 Å². The summed E-state index contributed by atoms with van der Waals surface area (Å²) in [6.45, 7) is 3.85. The standard InChI is InChI=1S/C20H25N3O2/c1-14-6-5-7-15(12-14)18(17-8-3-4-11-21-17)22-19(25)23-20(2,13-24)16-9-10-16/h3-8,11-12,16,18,24H,9-10,13H2,1-2H3,(H2,22,23,25).